The second-order valence-electron chi connectivity index (χ2n) is 15.2. The number of thiophene rings is 1. The van der Waals surface area contributed by atoms with Gasteiger partial charge < -0.3 is 9.32 Å². The Kier molecular flexibility index (Phi) is 7.75. The average Bonchev–Trinajstić information content (AvgIpc) is 3.88. The molecule has 59 heavy (non-hydrogen) atoms. The number of rotatable bonds is 6. The van der Waals surface area contributed by atoms with Crippen molar-refractivity contribution in [1.82, 2.24) is 0 Å². The van der Waals surface area contributed by atoms with Crippen molar-refractivity contribution in [2.24, 2.45) is 0 Å². The van der Waals surface area contributed by atoms with Crippen molar-refractivity contribution in [3.05, 3.63) is 212 Å². The summed E-state index contributed by atoms with van der Waals surface area (Å²) in [6.07, 6.45) is 0. The van der Waals surface area contributed by atoms with E-state index in [1.165, 1.54) is 64.0 Å². The molecule has 0 unspecified atom stereocenters. The molecule has 0 radical (unpaired) electrons. The minimum Gasteiger partial charge on any atom is -0.456 e. The van der Waals surface area contributed by atoms with Crippen molar-refractivity contribution in [1.29, 1.82) is 0 Å². The summed E-state index contributed by atoms with van der Waals surface area (Å²) in [5.41, 5.74) is 12.1. The third kappa shape index (κ3) is 5.40. The zero-order chi connectivity index (χ0) is 38.9. The van der Waals surface area contributed by atoms with E-state index in [-0.39, 0.29) is 0 Å². The van der Waals surface area contributed by atoms with E-state index in [1.807, 2.05) is 17.4 Å². The van der Waals surface area contributed by atoms with Gasteiger partial charge in [0.2, 0.25) is 0 Å². The highest BCUT2D eigenvalue weighted by atomic mass is 32.1. The van der Waals surface area contributed by atoms with E-state index < -0.39 is 0 Å². The molecular formula is C56H35NOS. The summed E-state index contributed by atoms with van der Waals surface area (Å²) in [5, 5.41) is 9.60. The van der Waals surface area contributed by atoms with Crippen LogP contribution in [0, 0.1) is 0 Å². The van der Waals surface area contributed by atoms with Crippen LogP contribution in [0.2, 0.25) is 0 Å². The number of hydrogen-bond donors (Lipinski definition) is 0. The van der Waals surface area contributed by atoms with E-state index in [0.717, 1.165) is 50.1 Å². The number of furan rings is 1. The smallest absolute Gasteiger partial charge is 0.137 e. The molecule has 2 nitrogen and oxygen atoms in total. The van der Waals surface area contributed by atoms with Crippen molar-refractivity contribution in [3.8, 4) is 33.4 Å². The Morgan fingerprint density at radius 3 is 1.76 bits per heavy atom. The van der Waals surface area contributed by atoms with E-state index in [4.69, 9.17) is 4.42 Å². The summed E-state index contributed by atoms with van der Waals surface area (Å²) in [5.74, 6) is 0. The van der Waals surface area contributed by atoms with Gasteiger partial charge in [0.25, 0.3) is 0 Å². The number of nitrogens with zero attached hydrogens (tertiary/aromatic N) is 1. The zero-order valence-corrected chi connectivity index (χ0v) is 32.8. The van der Waals surface area contributed by atoms with Gasteiger partial charge in [0.05, 0.1) is 11.4 Å². The molecule has 0 spiro atoms. The fourth-order valence-electron chi connectivity index (χ4n) is 9.24. The summed E-state index contributed by atoms with van der Waals surface area (Å²) in [7, 11) is 0. The molecule has 0 aliphatic heterocycles. The molecule has 0 N–H and O–H groups in total. The first-order chi connectivity index (χ1) is 29.3. The van der Waals surface area contributed by atoms with Crippen LogP contribution in [-0.4, -0.2) is 0 Å². The maximum atomic E-state index is 6.63. The molecular weight excluding hydrogens is 735 g/mol. The van der Waals surface area contributed by atoms with E-state index in [0.29, 0.717) is 0 Å². The van der Waals surface area contributed by atoms with Gasteiger partial charge in [-0.05, 0) is 74.8 Å². The molecule has 0 aliphatic carbocycles. The molecule has 0 amide bonds. The van der Waals surface area contributed by atoms with Crippen LogP contribution in [0.5, 0.6) is 0 Å². The highest BCUT2D eigenvalue weighted by Gasteiger charge is 2.27. The maximum Gasteiger partial charge on any atom is 0.137 e. The van der Waals surface area contributed by atoms with Crippen LogP contribution in [-0.2, 0) is 0 Å². The molecule has 0 saturated carbocycles. The molecule has 276 valence electrons. The SMILES string of the molecule is c1ccc(-c2ccc(-c3c(N(c4ccc5c(c4)oc4ccccc45)c4ccccc4-c4cccc5sc6ccccc6c45)c4ccccc4c4ccccc34)cc2)cc1. The summed E-state index contributed by atoms with van der Waals surface area (Å²) in [4.78, 5) is 2.50. The second kappa shape index (κ2) is 13.6. The molecule has 12 rings (SSSR count). The van der Waals surface area contributed by atoms with Gasteiger partial charge in [-0.1, -0.05) is 170 Å². The lowest BCUT2D eigenvalue weighted by atomic mass is 9.88. The lowest BCUT2D eigenvalue weighted by Gasteiger charge is -2.32. The molecule has 0 saturated heterocycles. The lowest BCUT2D eigenvalue weighted by Crippen LogP contribution is -2.13. The van der Waals surface area contributed by atoms with E-state index >= 15 is 0 Å². The van der Waals surface area contributed by atoms with Crippen LogP contribution < -0.4 is 4.90 Å². The number of anilines is 3. The summed E-state index contributed by atoms with van der Waals surface area (Å²) in [6.45, 7) is 0. The molecule has 0 aliphatic rings. The first kappa shape index (κ1) is 33.7. The van der Waals surface area contributed by atoms with Gasteiger partial charge in [-0.2, -0.15) is 0 Å². The lowest BCUT2D eigenvalue weighted by molar-refractivity contribution is 0.669. The highest BCUT2D eigenvalue weighted by molar-refractivity contribution is 7.25. The van der Waals surface area contributed by atoms with Crippen molar-refractivity contribution in [3.63, 3.8) is 0 Å². The van der Waals surface area contributed by atoms with Crippen molar-refractivity contribution in [2.75, 3.05) is 4.90 Å². The Bertz CT molecular complexity index is 3560. The predicted octanol–water partition coefficient (Wildman–Crippen LogP) is 16.7. The maximum absolute atomic E-state index is 6.63. The van der Waals surface area contributed by atoms with Gasteiger partial charge in [0.15, 0.2) is 0 Å². The van der Waals surface area contributed by atoms with E-state index in [9.17, 15) is 0 Å². The number of benzene rings is 10. The Morgan fingerprint density at radius 2 is 0.932 bits per heavy atom. The third-order valence-corrected chi connectivity index (χ3v) is 13.0. The summed E-state index contributed by atoms with van der Waals surface area (Å²) >= 11 is 1.86. The van der Waals surface area contributed by atoms with Crippen molar-refractivity contribution < 1.29 is 4.42 Å². The van der Waals surface area contributed by atoms with E-state index in [2.05, 4.69) is 211 Å². The van der Waals surface area contributed by atoms with Gasteiger partial charge in [0.1, 0.15) is 11.2 Å². The number of para-hydroxylation sites is 2. The largest absolute Gasteiger partial charge is 0.456 e. The standard InChI is InChI=1S/C56H35NOS/c1-2-15-36(16-3-1)37-29-31-38(32-30-37)54-45-21-6-4-17-40(45)41-18-5-7-22-47(41)56(54)57(39-33-34-44-43-20-9-12-26-50(43)58-51(44)35-39)49-25-11-8-19-42(49)46-24-14-28-53-55(46)48-23-10-13-27-52(48)59-53/h1-35H. The van der Waals surface area contributed by atoms with Crippen molar-refractivity contribution in [2.45, 2.75) is 0 Å². The topological polar surface area (TPSA) is 16.4 Å². The second-order valence-corrected chi connectivity index (χ2v) is 16.3. The van der Waals surface area contributed by atoms with Crippen LogP contribution in [0.3, 0.4) is 0 Å². The average molecular weight is 770 g/mol. The quantitative estimate of drug-likeness (QED) is 0.157. The minimum absolute atomic E-state index is 0.857. The molecule has 3 heteroatoms. The van der Waals surface area contributed by atoms with Crippen LogP contribution in [0.25, 0.3) is 97.0 Å². The summed E-state index contributed by atoms with van der Waals surface area (Å²) in [6, 6.07) is 77.1. The van der Waals surface area contributed by atoms with Gasteiger partial charge in [0, 0.05) is 59.2 Å². The van der Waals surface area contributed by atoms with Crippen LogP contribution in [0.4, 0.5) is 17.1 Å². The van der Waals surface area contributed by atoms with Gasteiger partial charge in [-0.25, -0.2) is 0 Å². The van der Waals surface area contributed by atoms with Gasteiger partial charge >= 0.3 is 0 Å². The first-order valence-electron chi connectivity index (χ1n) is 20.1. The first-order valence-corrected chi connectivity index (χ1v) is 20.9. The molecule has 2 heterocycles. The van der Waals surface area contributed by atoms with Crippen LogP contribution >= 0.6 is 11.3 Å². The van der Waals surface area contributed by atoms with Crippen molar-refractivity contribution >= 4 is 92.1 Å². The molecule has 0 bridgehead atoms. The fourth-order valence-corrected chi connectivity index (χ4v) is 10.4. The highest BCUT2D eigenvalue weighted by Crippen LogP contribution is 2.53. The van der Waals surface area contributed by atoms with Gasteiger partial charge in [-0.3, -0.25) is 0 Å². The van der Waals surface area contributed by atoms with Crippen LogP contribution in [0.1, 0.15) is 0 Å². The Labute approximate surface area is 345 Å². The Hall–Kier alpha value is -7.46. The fraction of sp³-hybridized carbons (Fsp3) is 0. The molecule has 0 atom stereocenters. The molecule has 2 aromatic heterocycles. The molecule has 10 aromatic carbocycles. The monoisotopic (exact) mass is 769 g/mol. The van der Waals surface area contributed by atoms with E-state index in [1.54, 1.807) is 0 Å². The Morgan fingerprint density at radius 1 is 0.356 bits per heavy atom. The van der Waals surface area contributed by atoms with Crippen LogP contribution in [0.15, 0.2) is 217 Å². The normalized spacial score (nSPS) is 11.7. The Balaban J connectivity index is 1.21. The predicted molar refractivity (Wildman–Crippen MR) is 253 cm³/mol. The number of fused-ring (bicyclic) bond motifs is 9. The molecule has 0 fully saturated rings. The minimum atomic E-state index is 0.857. The summed E-state index contributed by atoms with van der Waals surface area (Å²) < 4.78 is 9.20. The number of hydrogen-bond acceptors (Lipinski definition) is 3. The molecule has 12 aromatic rings. The van der Waals surface area contributed by atoms with Gasteiger partial charge in [-0.15, -0.1) is 11.3 Å². The zero-order valence-electron chi connectivity index (χ0n) is 32.0. The third-order valence-electron chi connectivity index (χ3n) is 11.9.